The lowest BCUT2D eigenvalue weighted by Gasteiger charge is -2.26. The molecule has 0 aliphatic rings. The van der Waals surface area contributed by atoms with E-state index >= 15 is 0 Å². The van der Waals surface area contributed by atoms with Gasteiger partial charge in [0.2, 0.25) is 0 Å². The van der Waals surface area contributed by atoms with Crippen LogP contribution in [0.15, 0.2) is 24.3 Å². The molecular weight excluding hydrogens is 707 g/mol. The van der Waals surface area contributed by atoms with E-state index in [9.17, 15) is 19.5 Å². The fourth-order valence-electron chi connectivity index (χ4n) is 6.29. The summed E-state index contributed by atoms with van der Waals surface area (Å²) in [7, 11) is 5.90. The Balaban J connectivity index is 4.42. The number of hydrogen-bond acceptors (Lipinski definition) is 8. The number of carbonyl (C=O) groups is 3. The average molecular weight is 794 g/mol. The van der Waals surface area contributed by atoms with Gasteiger partial charge >= 0.3 is 11.9 Å². The monoisotopic (exact) mass is 794 g/mol. The molecule has 0 saturated heterocycles. The first-order chi connectivity index (χ1) is 27.1. The summed E-state index contributed by atoms with van der Waals surface area (Å²) >= 11 is 0. The number of allylic oxidation sites excluding steroid dienone is 4. The number of quaternary nitrogens is 1. The van der Waals surface area contributed by atoms with Crippen molar-refractivity contribution in [3.8, 4) is 0 Å². The second-order valence-electron chi connectivity index (χ2n) is 16.7. The highest BCUT2D eigenvalue weighted by Crippen LogP contribution is 2.14. The molecule has 0 bridgehead atoms. The van der Waals surface area contributed by atoms with Crippen LogP contribution >= 0.6 is 0 Å². The minimum atomic E-state index is -1.62. The minimum absolute atomic E-state index is 0.147. The third kappa shape index (κ3) is 40.0. The predicted molar refractivity (Wildman–Crippen MR) is 228 cm³/mol. The molecule has 0 aliphatic carbocycles. The number of hydrogen-bond donors (Lipinski definition) is 0. The summed E-state index contributed by atoms with van der Waals surface area (Å²) < 4.78 is 22.5. The van der Waals surface area contributed by atoms with Gasteiger partial charge in [0.1, 0.15) is 13.2 Å². The molecule has 0 aromatic rings. The van der Waals surface area contributed by atoms with Gasteiger partial charge < -0.3 is 33.3 Å². The van der Waals surface area contributed by atoms with Gasteiger partial charge in [-0.15, -0.1) is 0 Å². The van der Waals surface area contributed by atoms with Crippen molar-refractivity contribution in [2.24, 2.45) is 0 Å². The topological polar surface area (TPSA) is 111 Å². The molecule has 9 nitrogen and oxygen atoms in total. The molecule has 56 heavy (non-hydrogen) atoms. The Labute approximate surface area is 344 Å². The smallest absolute Gasteiger partial charge is 0.306 e. The van der Waals surface area contributed by atoms with Crippen molar-refractivity contribution in [3.05, 3.63) is 24.3 Å². The molecule has 0 aliphatic heterocycles. The van der Waals surface area contributed by atoms with E-state index in [1.54, 1.807) is 0 Å². The standard InChI is InChI=1S/C47H87NO8/c1-6-8-10-12-14-16-18-20-21-22-23-24-26-28-30-32-34-36-38-45(50)56-43(42-55-47(46(51)52)53-40-39-48(3,4)5)41-54-44(49)37-35-33-31-29-27-25-19-17-15-13-11-9-7-2/h17,19,21-22,43,47H,6-16,18,20,23-42H2,1-5H3/b19-17-,22-21-. The molecule has 0 heterocycles. The third-order valence-electron chi connectivity index (χ3n) is 9.92. The van der Waals surface area contributed by atoms with Crippen LogP contribution in [0.2, 0.25) is 0 Å². The van der Waals surface area contributed by atoms with Gasteiger partial charge in [0.15, 0.2) is 12.4 Å². The summed E-state index contributed by atoms with van der Waals surface area (Å²) in [6, 6.07) is 0. The number of carboxylic acid groups (broad SMARTS) is 1. The van der Waals surface area contributed by atoms with Crippen molar-refractivity contribution in [1.29, 1.82) is 0 Å². The van der Waals surface area contributed by atoms with Crippen LogP contribution < -0.4 is 5.11 Å². The van der Waals surface area contributed by atoms with Crippen molar-refractivity contribution in [1.82, 2.24) is 0 Å². The van der Waals surface area contributed by atoms with E-state index in [1.807, 2.05) is 21.1 Å². The van der Waals surface area contributed by atoms with Gasteiger partial charge in [0.25, 0.3) is 0 Å². The zero-order chi connectivity index (χ0) is 41.4. The van der Waals surface area contributed by atoms with Gasteiger partial charge in [-0.05, 0) is 64.2 Å². The fraction of sp³-hybridized carbons (Fsp3) is 0.851. The summed E-state index contributed by atoms with van der Waals surface area (Å²) in [6.07, 6.45) is 39.2. The van der Waals surface area contributed by atoms with E-state index in [4.69, 9.17) is 18.9 Å². The van der Waals surface area contributed by atoms with Gasteiger partial charge in [-0.2, -0.15) is 0 Å². The van der Waals surface area contributed by atoms with Gasteiger partial charge in [-0.25, -0.2) is 0 Å². The number of rotatable bonds is 42. The van der Waals surface area contributed by atoms with Crippen LogP contribution in [0, 0.1) is 0 Å². The average Bonchev–Trinajstić information content (AvgIpc) is 3.15. The van der Waals surface area contributed by atoms with E-state index in [1.165, 1.54) is 103 Å². The first-order valence-corrected chi connectivity index (χ1v) is 23.0. The summed E-state index contributed by atoms with van der Waals surface area (Å²) in [5.74, 6) is -2.30. The third-order valence-corrected chi connectivity index (χ3v) is 9.92. The molecule has 2 atom stereocenters. The van der Waals surface area contributed by atoms with Gasteiger partial charge in [0.05, 0.1) is 40.3 Å². The van der Waals surface area contributed by atoms with Crippen LogP contribution in [0.25, 0.3) is 0 Å². The molecule has 0 fully saturated rings. The highest BCUT2D eigenvalue weighted by molar-refractivity contribution is 5.70. The molecule has 0 spiro atoms. The number of likely N-dealkylation sites (N-methyl/N-ethyl adjacent to an activating group) is 1. The van der Waals surface area contributed by atoms with Crippen LogP contribution in [-0.2, 0) is 33.3 Å². The summed E-state index contributed by atoms with van der Waals surface area (Å²) in [5.41, 5.74) is 0. The highest BCUT2D eigenvalue weighted by Gasteiger charge is 2.21. The molecule has 9 heteroatoms. The van der Waals surface area contributed by atoms with Gasteiger partial charge in [-0.3, -0.25) is 9.59 Å². The Morgan fingerprint density at radius 2 is 0.911 bits per heavy atom. The molecule has 0 rings (SSSR count). The van der Waals surface area contributed by atoms with Crippen LogP contribution in [0.5, 0.6) is 0 Å². The van der Waals surface area contributed by atoms with E-state index in [2.05, 4.69) is 38.2 Å². The summed E-state index contributed by atoms with van der Waals surface area (Å²) in [4.78, 5) is 37.0. The predicted octanol–water partition coefficient (Wildman–Crippen LogP) is 10.7. The number of carbonyl (C=O) groups excluding carboxylic acids is 3. The highest BCUT2D eigenvalue weighted by atomic mass is 16.7. The molecule has 328 valence electrons. The first-order valence-electron chi connectivity index (χ1n) is 23.0. The first kappa shape index (κ1) is 53.8. The Bertz CT molecular complexity index is 976. The number of nitrogens with zero attached hydrogens (tertiary/aromatic N) is 1. The van der Waals surface area contributed by atoms with Crippen molar-refractivity contribution in [2.75, 3.05) is 47.5 Å². The van der Waals surface area contributed by atoms with Crippen LogP contribution in [-0.4, -0.2) is 82.3 Å². The zero-order valence-corrected chi connectivity index (χ0v) is 37.0. The van der Waals surface area contributed by atoms with Crippen molar-refractivity contribution in [3.63, 3.8) is 0 Å². The van der Waals surface area contributed by atoms with Crippen molar-refractivity contribution in [2.45, 2.75) is 212 Å². The lowest BCUT2D eigenvalue weighted by molar-refractivity contribution is -0.870. The maximum Gasteiger partial charge on any atom is 0.306 e. The molecule has 0 aromatic heterocycles. The second kappa shape index (κ2) is 39.6. The molecule has 2 unspecified atom stereocenters. The fourth-order valence-corrected chi connectivity index (χ4v) is 6.29. The summed E-state index contributed by atoms with van der Waals surface area (Å²) in [6.45, 7) is 4.71. The van der Waals surface area contributed by atoms with Gasteiger partial charge in [-0.1, -0.05) is 147 Å². The minimum Gasteiger partial charge on any atom is -0.545 e. The van der Waals surface area contributed by atoms with Crippen LogP contribution in [0.1, 0.15) is 200 Å². The number of esters is 2. The van der Waals surface area contributed by atoms with Crippen molar-refractivity contribution >= 4 is 17.9 Å². The lowest BCUT2D eigenvalue weighted by atomic mass is 10.1. The quantitative estimate of drug-likeness (QED) is 0.0197. The molecular formula is C47H87NO8. The largest absolute Gasteiger partial charge is 0.545 e. The molecule has 0 saturated carbocycles. The number of ether oxygens (including phenoxy) is 4. The lowest BCUT2D eigenvalue weighted by Crippen LogP contribution is -2.44. The summed E-state index contributed by atoms with van der Waals surface area (Å²) in [5, 5.41) is 11.7. The Hall–Kier alpha value is -2.23. The number of aliphatic carboxylic acids is 1. The van der Waals surface area contributed by atoms with E-state index in [-0.39, 0.29) is 38.6 Å². The SMILES string of the molecule is CCCCCC/C=C\CCCCCCCC(=O)OCC(COC(OCC[N+](C)(C)C)C(=O)[O-])OC(=O)CCCCCCCCC/C=C\CCCCCCCCC. The molecule has 0 aromatic carbocycles. The van der Waals surface area contributed by atoms with E-state index in [0.717, 1.165) is 64.2 Å². The number of carboxylic acids is 1. The zero-order valence-electron chi connectivity index (χ0n) is 37.0. The second-order valence-corrected chi connectivity index (χ2v) is 16.7. The normalized spacial score (nSPS) is 13.1. The molecule has 0 amide bonds. The molecule has 0 radical (unpaired) electrons. The maximum atomic E-state index is 12.7. The van der Waals surface area contributed by atoms with Gasteiger partial charge in [0, 0.05) is 12.8 Å². The van der Waals surface area contributed by atoms with Crippen LogP contribution in [0.4, 0.5) is 0 Å². The number of unbranched alkanes of at least 4 members (excludes halogenated alkanes) is 23. The van der Waals surface area contributed by atoms with Crippen LogP contribution in [0.3, 0.4) is 0 Å². The van der Waals surface area contributed by atoms with E-state index < -0.39 is 24.3 Å². The van der Waals surface area contributed by atoms with Crippen molar-refractivity contribution < 1.29 is 42.9 Å². The Morgan fingerprint density at radius 3 is 1.34 bits per heavy atom. The Morgan fingerprint density at radius 1 is 0.518 bits per heavy atom. The van der Waals surface area contributed by atoms with E-state index in [0.29, 0.717) is 17.4 Å². The Kier molecular flexibility index (Phi) is 38.0. The molecule has 0 N–H and O–H groups in total. The maximum absolute atomic E-state index is 12.7.